The summed E-state index contributed by atoms with van der Waals surface area (Å²) in [6.45, 7) is 6.20. The summed E-state index contributed by atoms with van der Waals surface area (Å²) in [5.41, 5.74) is 14.1. The van der Waals surface area contributed by atoms with E-state index in [0.29, 0.717) is 10.8 Å². The first kappa shape index (κ1) is 13.6. The van der Waals surface area contributed by atoms with Crippen LogP contribution < -0.4 is 11.5 Å². The van der Waals surface area contributed by atoms with Gasteiger partial charge in [0.1, 0.15) is 5.82 Å². The molecule has 0 aliphatic rings. The first-order valence-corrected chi connectivity index (χ1v) is 6.36. The van der Waals surface area contributed by atoms with E-state index in [0.717, 1.165) is 16.8 Å². The number of anilines is 2. The lowest BCUT2D eigenvalue weighted by molar-refractivity contribution is 0.589. The Balaban J connectivity index is 2.71. The molecule has 19 heavy (non-hydrogen) atoms. The third-order valence-corrected chi connectivity index (χ3v) is 3.07. The van der Waals surface area contributed by atoms with Crippen LogP contribution in [0, 0.1) is 0 Å². The zero-order valence-electron chi connectivity index (χ0n) is 11.2. The average molecular weight is 277 g/mol. The zero-order valence-corrected chi connectivity index (χ0v) is 12.0. The van der Waals surface area contributed by atoms with Crippen molar-refractivity contribution in [2.75, 3.05) is 11.5 Å². The van der Waals surface area contributed by atoms with Gasteiger partial charge in [0, 0.05) is 16.1 Å². The maximum absolute atomic E-state index is 6.02. The quantitative estimate of drug-likeness (QED) is 0.838. The van der Waals surface area contributed by atoms with Gasteiger partial charge in [0.25, 0.3) is 0 Å². The molecule has 1 heterocycles. The van der Waals surface area contributed by atoms with Crippen molar-refractivity contribution in [3.8, 4) is 11.3 Å². The van der Waals surface area contributed by atoms with E-state index in [4.69, 9.17) is 23.1 Å². The molecule has 0 saturated carbocycles. The van der Waals surface area contributed by atoms with Crippen molar-refractivity contribution in [3.63, 3.8) is 0 Å². The van der Waals surface area contributed by atoms with Gasteiger partial charge in [-0.3, -0.25) is 0 Å². The largest absolute Gasteiger partial charge is 0.383 e. The molecule has 0 bridgehead atoms. The predicted molar refractivity (Wildman–Crippen MR) is 80.0 cm³/mol. The number of halogens is 1. The summed E-state index contributed by atoms with van der Waals surface area (Å²) in [5.74, 6) is 0.598. The third kappa shape index (κ3) is 2.79. The number of nitrogens with two attached hydrogens (primary N) is 2. The van der Waals surface area contributed by atoms with Gasteiger partial charge in [-0.1, -0.05) is 44.5 Å². The molecule has 2 aromatic rings. The van der Waals surface area contributed by atoms with Crippen LogP contribution in [0.5, 0.6) is 0 Å². The van der Waals surface area contributed by atoms with Gasteiger partial charge in [0.05, 0.1) is 5.69 Å². The van der Waals surface area contributed by atoms with Crippen molar-refractivity contribution < 1.29 is 0 Å². The molecular formula is C14H17ClN4. The highest BCUT2D eigenvalue weighted by atomic mass is 35.5. The summed E-state index contributed by atoms with van der Waals surface area (Å²) < 4.78 is 0. The van der Waals surface area contributed by atoms with E-state index in [-0.39, 0.29) is 11.4 Å². The Morgan fingerprint density at radius 1 is 1.00 bits per heavy atom. The Labute approximate surface area is 117 Å². The van der Waals surface area contributed by atoms with E-state index in [1.165, 1.54) is 0 Å². The first-order chi connectivity index (χ1) is 8.79. The minimum absolute atomic E-state index is 0.174. The number of aromatic nitrogens is 2. The highest BCUT2D eigenvalue weighted by Crippen LogP contribution is 2.35. The maximum atomic E-state index is 6.02. The normalized spacial score (nSPS) is 11.6. The van der Waals surface area contributed by atoms with Crippen LogP contribution in [0.25, 0.3) is 11.3 Å². The fraction of sp³-hybridized carbons (Fsp3) is 0.286. The number of hydrogen-bond donors (Lipinski definition) is 2. The van der Waals surface area contributed by atoms with Crippen molar-refractivity contribution in [2.24, 2.45) is 0 Å². The first-order valence-electron chi connectivity index (χ1n) is 5.98. The summed E-state index contributed by atoms with van der Waals surface area (Å²) in [5, 5.41) is 0.677. The van der Waals surface area contributed by atoms with Crippen LogP contribution in [0.2, 0.25) is 5.02 Å². The van der Waals surface area contributed by atoms with Gasteiger partial charge < -0.3 is 11.5 Å². The molecule has 4 N–H and O–H groups in total. The molecule has 0 unspecified atom stereocenters. The standard InChI is InChI=1S/C14H17ClN4/c1-14(2,3)10-11(18-13(17)19-12(10)16)8-4-6-9(15)7-5-8/h4-7H,1-3H3,(H4,16,17,18,19). The number of nitrogen functional groups attached to an aromatic ring is 2. The summed E-state index contributed by atoms with van der Waals surface area (Å²) >= 11 is 5.91. The molecule has 1 aromatic heterocycles. The van der Waals surface area contributed by atoms with Crippen LogP contribution in [0.4, 0.5) is 11.8 Å². The van der Waals surface area contributed by atoms with Crippen molar-refractivity contribution in [1.29, 1.82) is 0 Å². The molecule has 4 nitrogen and oxygen atoms in total. The Morgan fingerprint density at radius 2 is 1.58 bits per heavy atom. The molecule has 0 amide bonds. The molecule has 0 aliphatic heterocycles. The Bertz CT molecular complexity index is 600. The molecule has 5 heteroatoms. The molecule has 0 saturated heterocycles. The summed E-state index contributed by atoms with van der Waals surface area (Å²) in [4.78, 5) is 8.41. The molecule has 1 aromatic carbocycles. The number of benzene rings is 1. The van der Waals surface area contributed by atoms with E-state index in [1.54, 1.807) is 0 Å². The van der Waals surface area contributed by atoms with E-state index < -0.39 is 0 Å². The van der Waals surface area contributed by atoms with Gasteiger partial charge >= 0.3 is 0 Å². The highest BCUT2D eigenvalue weighted by Gasteiger charge is 2.24. The van der Waals surface area contributed by atoms with Crippen LogP contribution in [-0.4, -0.2) is 9.97 Å². The van der Waals surface area contributed by atoms with Crippen molar-refractivity contribution in [2.45, 2.75) is 26.2 Å². The Kier molecular flexibility index (Phi) is 3.37. The van der Waals surface area contributed by atoms with Gasteiger partial charge in [0.2, 0.25) is 5.95 Å². The fourth-order valence-electron chi connectivity index (χ4n) is 2.05. The second-order valence-corrected chi connectivity index (χ2v) is 5.88. The average Bonchev–Trinajstić information content (AvgIpc) is 2.26. The van der Waals surface area contributed by atoms with Crippen molar-refractivity contribution in [1.82, 2.24) is 9.97 Å². The zero-order chi connectivity index (χ0) is 14.2. The summed E-state index contributed by atoms with van der Waals surface area (Å²) in [7, 11) is 0. The van der Waals surface area contributed by atoms with Crippen molar-refractivity contribution in [3.05, 3.63) is 34.9 Å². The number of hydrogen-bond acceptors (Lipinski definition) is 4. The van der Waals surface area contributed by atoms with Crippen LogP contribution in [0.15, 0.2) is 24.3 Å². The molecule has 0 aliphatic carbocycles. The van der Waals surface area contributed by atoms with E-state index in [1.807, 2.05) is 24.3 Å². The van der Waals surface area contributed by atoms with Crippen LogP contribution in [-0.2, 0) is 5.41 Å². The van der Waals surface area contributed by atoms with Crippen LogP contribution >= 0.6 is 11.6 Å². The topological polar surface area (TPSA) is 77.8 Å². The summed E-state index contributed by atoms with van der Waals surface area (Å²) in [6, 6.07) is 7.44. The maximum Gasteiger partial charge on any atom is 0.222 e. The summed E-state index contributed by atoms with van der Waals surface area (Å²) in [6.07, 6.45) is 0. The minimum Gasteiger partial charge on any atom is -0.383 e. The second kappa shape index (κ2) is 4.70. The minimum atomic E-state index is -0.174. The Hall–Kier alpha value is -1.81. The smallest absolute Gasteiger partial charge is 0.222 e. The van der Waals surface area contributed by atoms with E-state index >= 15 is 0 Å². The molecule has 100 valence electrons. The fourth-order valence-corrected chi connectivity index (χ4v) is 2.18. The molecule has 0 spiro atoms. The number of nitrogens with zero attached hydrogens (tertiary/aromatic N) is 2. The highest BCUT2D eigenvalue weighted by molar-refractivity contribution is 6.30. The lowest BCUT2D eigenvalue weighted by Gasteiger charge is -2.23. The van der Waals surface area contributed by atoms with Crippen LogP contribution in [0.1, 0.15) is 26.3 Å². The molecular weight excluding hydrogens is 260 g/mol. The van der Waals surface area contributed by atoms with Crippen LogP contribution in [0.3, 0.4) is 0 Å². The lowest BCUT2D eigenvalue weighted by Crippen LogP contribution is -2.18. The molecule has 0 fully saturated rings. The monoisotopic (exact) mass is 276 g/mol. The molecule has 0 radical (unpaired) electrons. The SMILES string of the molecule is CC(C)(C)c1c(N)nc(N)nc1-c1ccc(Cl)cc1. The van der Waals surface area contributed by atoms with Gasteiger partial charge in [-0.2, -0.15) is 4.98 Å². The second-order valence-electron chi connectivity index (χ2n) is 5.45. The van der Waals surface area contributed by atoms with Gasteiger partial charge in [0.15, 0.2) is 0 Å². The van der Waals surface area contributed by atoms with Crippen molar-refractivity contribution >= 4 is 23.4 Å². The van der Waals surface area contributed by atoms with Gasteiger partial charge in [-0.25, -0.2) is 4.98 Å². The van der Waals surface area contributed by atoms with Gasteiger partial charge in [-0.15, -0.1) is 0 Å². The van der Waals surface area contributed by atoms with E-state index in [2.05, 4.69) is 30.7 Å². The predicted octanol–water partition coefficient (Wildman–Crippen LogP) is 3.26. The number of rotatable bonds is 1. The molecule has 2 rings (SSSR count). The third-order valence-electron chi connectivity index (χ3n) is 2.82. The van der Waals surface area contributed by atoms with Gasteiger partial charge in [-0.05, 0) is 17.5 Å². The Morgan fingerprint density at radius 3 is 2.11 bits per heavy atom. The van der Waals surface area contributed by atoms with E-state index in [9.17, 15) is 0 Å². The lowest BCUT2D eigenvalue weighted by atomic mass is 9.84. The molecule has 0 atom stereocenters.